The van der Waals surface area contributed by atoms with E-state index in [1.165, 1.54) is 5.56 Å². The van der Waals surface area contributed by atoms with Gasteiger partial charge in [-0.05, 0) is 40.5 Å². The van der Waals surface area contributed by atoms with Gasteiger partial charge in [-0.25, -0.2) is 0 Å². The van der Waals surface area contributed by atoms with Crippen LogP contribution in [0.15, 0.2) is 22.7 Å². The number of nitrogens with one attached hydrogen (secondary N) is 1. The Hall–Kier alpha value is -1.07. The fourth-order valence-electron chi connectivity index (χ4n) is 2.00. The number of hydrogen-bond acceptors (Lipinski definition) is 3. The number of carboxylic acid groups (broad SMARTS) is 1. The van der Waals surface area contributed by atoms with Crippen molar-refractivity contribution >= 4 is 27.6 Å². The predicted molar refractivity (Wildman–Crippen MR) is 70.5 cm³/mol. The third-order valence-electron chi connectivity index (χ3n) is 2.92. The summed E-state index contributed by atoms with van der Waals surface area (Å²) in [6, 6.07) is 5.63. The second-order valence-electron chi connectivity index (χ2n) is 4.25. The fraction of sp³-hybridized carbons (Fsp3) is 0.417. The molecular formula is C12H15BrN2O2. The summed E-state index contributed by atoms with van der Waals surface area (Å²) in [4.78, 5) is 13.1. The molecule has 1 heterocycles. The molecule has 0 spiro atoms. The lowest BCUT2D eigenvalue weighted by Gasteiger charge is -2.34. The molecule has 0 aliphatic carbocycles. The van der Waals surface area contributed by atoms with Crippen LogP contribution in [0.3, 0.4) is 0 Å². The molecule has 0 aromatic heterocycles. The van der Waals surface area contributed by atoms with Crippen molar-refractivity contribution in [1.82, 2.24) is 5.32 Å². The van der Waals surface area contributed by atoms with E-state index in [-0.39, 0.29) is 0 Å². The molecule has 92 valence electrons. The van der Waals surface area contributed by atoms with Gasteiger partial charge in [0.2, 0.25) is 0 Å². The quantitative estimate of drug-likeness (QED) is 0.871. The molecule has 5 heteroatoms. The summed E-state index contributed by atoms with van der Waals surface area (Å²) in [5.74, 6) is -0.794. The summed E-state index contributed by atoms with van der Waals surface area (Å²) in [6.45, 7) is 4.05. The number of aryl methyl sites for hydroxylation is 1. The van der Waals surface area contributed by atoms with Crippen LogP contribution in [0.4, 0.5) is 5.69 Å². The van der Waals surface area contributed by atoms with Crippen molar-refractivity contribution in [2.45, 2.75) is 13.0 Å². The Labute approximate surface area is 109 Å². The maximum atomic E-state index is 11.0. The van der Waals surface area contributed by atoms with Crippen LogP contribution in [0.1, 0.15) is 5.56 Å². The third kappa shape index (κ3) is 2.79. The normalized spacial score (nSPS) is 20.4. The Morgan fingerprint density at radius 1 is 1.59 bits per heavy atom. The predicted octanol–water partition coefficient (Wildman–Crippen LogP) is 1.62. The van der Waals surface area contributed by atoms with Gasteiger partial charge in [0.15, 0.2) is 0 Å². The van der Waals surface area contributed by atoms with Crippen molar-refractivity contribution in [3.63, 3.8) is 0 Å². The van der Waals surface area contributed by atoms with Gasteiger partial charge in [0.1, 0.15) is 6.04 Å². The van der Waals surface area contributed by atoms with E-state index < -0.39 is 12.0 Å². The minimum atomic E-state index is -0.794. The molecule has 0 radical (unpaired) electrons. The van der Waals surface area contributed by atoms with E-state index in [9.17, 15) is 4.79 Å². The van der Waals surface area contributed by atoms with Crippen molar-refractivity contribution in [2.75, 3.05) is 24.5 Å². The summed E-state index contributed by atoms with van der Waals surface area (Å²) >= 11 is 3.53. The van der Waals surface area contributed by atoms with E-state index in [1.807, 2.05) is 25.1 Å². The molecular weight excluding hydrogens is 284 g/mol. The zero-order valence-electron chi connectivity index (χ0n) is 9.61. The molecule has 1 saturated heterocycles. The first-order chi connectivity index (χ1) is 8.08. The molecule has 1 aliphatic rings. The zero-order valence-corrected chi connectivity index (χ0v) is 11.2. The summed E-state index contributed by atoms with van der Waals surface area (Å²) in [7, 11) is 0. The van der Waals surface area contributed by atoms with E-state index in [4.69, 9.17) is 5.11 Å². The van der Waals surface area contributed by atoms with Gasteiger partial charge in [-0.2, -0.15) is 0 Å². The largest absolute Gasteiger partial charge is 0.480 e. The highest BCUT2D eigenvalue weighted by molar-refractivity contribution is 9.10. The standard InChI is InChI=1S/C12H15BrN2O2/c1-8-2-3-11(9(13)6-8)15-5-4-14-10(7-15)12(16)17/h2-3,6,10,14H,4-5,7H2,1H3,(H,16,17). The van der Waals surface area contributed by atoms with Gasteiger partial charge in [-0.3, -0.25) is 4.79 Å². The molecule has 1 aromatic carbocycles. The summed E-state index contributed by atoms with van der Waals surface area (Å²) in [5, 5.41) is 12.0. The first-order valence-corrected chi connectivity index (χ1v) is 6.34. The lowest BCUT2D eigenvalue weighted by Crippen LogP contribution is -2.54. The van der Waals surface area contributed by atoms with E-state index in [1.54, 1.807) is 0 Å². The Bertz CT molecular complexity index is 437. The molecule has 1 unspecified atom stereocenters. The van der Waals surface area contributed by atoms with Crippen molar-refractivity contribution < 1.29 is 9.90 Å². The maximum absolute atomic E-state index is 11.0. The average molecular weight is 299 g/mol. The van der Waals surface area contributed by atoms with Crippen molar-refractivity contribution in [1.29, 1.82) is 0 Å². The topological polar surface area (TPSA) is 52.6 Å². The Kier molecular flexibility index (Phi) is 3.69. The summed E-state index contributed by atoms with van der Waals surface area (Å²) in [6.07, 6.45) is 0. The smallest absolute Gasteiger partial charge is 0.322 e. The number of hydrogen-bond donors (Lipinski definition) is 2. The van der Waals surface area contributed by atoms with Gasteiger partial charge < -0.3 is 15.3 Å². The highest BCUT2D eigenvalue weighted by Gasteiger charge is 2.25. The second-order valence-corrected chi connectivity index (χ2v) is 5.10. The van der Waals surface area contributed by atoms with Crippen LogP contribution < -0.4 is 10.2 Å². The number of halogens is 1. The fourth-order valence-corrected chi connectivity index (χ4v) is 2.75. The van der Waals surface area contributed by atoms with Crippen LogP contribution in [-0.2, 0) is 4.79 Å². The Morgan fingerprint density at radius 3 is 3.00 bits per heavy atom. The lowest BCUT2D eigenvalue weighted by atomic mass is 10.1. The van der Waals surface area contributed by atoms with Crippen LogP contribution in [-0.4, -0.2) is 36.8 Å². The van der Waals surface area contributed by atoms with Crippen molar-refractivity contribution in [3.05, 3.63) is 28.2 Å². The molecule has 1 atom stereocenters. The second kappa shape index (κ2) is 5.06. The van der Waals surface area contributed by atoms with Crippen LogP contribution in [0.25, 0.3) is 0 Å². The molecule has 4 nitrogen and oxygen atoms in total. The van der Waals surface area contributed by atoms with Gasteiger partial charge in [-0.15, -0.1) is 0 Å². The number of nitrogens with zero attached hydrogens (tertiary/aromatic N) is 1. The van der Waals surface area contributed by atoms with Crippen molar-refractivity contribution in [2.24, 2.45) is 0 Å². The van der Waals surface area contributed by atoms with Gasteiger partial charge >= 0.3 is 5.97 Å². The van der Waals surface area contributed by atoms with Gasteiger partial charge in [0.25, 0.3) is 0 Å². The molecule has 0 saturated carbocycles. The van der Waals surface area contributed by atoms with Gasteiger partial charge in [0, 0.05) is 24.1 Å². The molecule has 1 fully saturated rings. The maximum Gasteiger partial charge on any atom is 0.322 e. The number of aliphatic carboxylic acids is 1. The van der Waals surface area contributed by atoms with Crippen LogP contribution >= 0.6 is 15.9 Å². The highest BCUT2D eigenvalue weighted by Crippen LogP contribution is 2.27. The first kappa shape index (κ1) is 12.4. The summed E-state index contributed by atoms with van der Waals surface area (Å²) < 4.78 is 1.02. The molecule has 1 aliphatic heterocycles. The van der Waals surface area contributed by atoms with E-state index >= 15 is 0 Å². The number of carbonyl (C=O) groups is 1. The Balaban J connectivity index is 2.19. The van der Waals surface area contributed by atoms with Gasteiger partial charge in [-0.1, -0.05) is 6.07 Å². The SMILES string of the molecule is Cc1ccc(N2CCNC(C(=O)O)C2)c(Br)c1. The molecule has 2 rings (SSSR count). The molecule has 1 aromatic rings. The highest BCUT2D eigenvalue weighted by atomic mass is 79.9. The minimum Gasteiger partial charge on any atom is -0.480 e. The molecule has 0 amide bonds. The first-order valence-electron chi connectivity index (χ1n) is 5.55. The molecule has 17 heavy (non-hydrogen) atoms. The average Bonchev–Trinajstić information content (AvgIpc) is 2.29. The van der Waals surface area contributed by atoms with Crippen LogP contribution in [0.2, 0.25) is 0 Å². The molecule has 2 N–H and O–H groups in total. The number of rotatable bonds is 2. The zero-order chi connectivity index (χ0) is 12.4. The number of benzene rings is 1. The minimum absolute atomic E-state index is 0.489. The van der Waals surface area contributed by atoms with Gasteiger partial charge in [0.05, 0.1) is 5.69 Å². The van der Waals surface area contributed by atoms with Crippen LogP contribution in [0.5, 0.6) is 0 Å². The Morgan fingerprint density at radius 2 is 2.35 bits per heavy atom. The van der Waals surface area contributed by atoms with Crippen LogP contribution in [0, 0.1) is 6.92 Å². The summed E-state index contributed by atoms with van der Waals surface area (Å²) in [5.41, 5.74) is 2.24. The van der Waals surface area contributed by atoms with Crippen molar-refractivity contribution in [3.8, 4) is 0 Å². The van der Waals surface area contributed by atoms with E-state index in [0.717, 1.165) is 16.7 Å². The number of anilines is 1. The molecule has 0 bridgehead atoms. The lowest BCUT2D eigenvalue weighted by molar-refractivity contribution is -0.139. The van der Waals surface area contributed by atoms with E-state index in [2.05, 4.69) is 26.1 Å². The monoisotopic (exact) mass is 298 g/mol. The third-order valence-corrected chi connectivity index (χ3v) is 3.55. The number of carboxylic acids is 1. The number of piperazine rings is 1. The van der Waals surface area contributed by atoms with E-state index in [0.29, 0.717) is 13.1 Å².